The van der Waals surface area contributed by atoms with Gasteiger partial charge in [-0.15, -0.1) is 0 Å². The summed E-state index contributed by atoms with van der Waals surface area (Å²) in [6, 6.07) is 4.64. The molecule has 0 spiro atoms. The van der Waals surface area contributed by atoms with Crippen LogP contribution in [0, 0.1) is 6.92 Å². The third kappa shape index (κ3) is 3.23. The van der Waals surface area contributed by atoms with Crippen LogP contribution in [0.3, 0.4) is 0 Å². The molecule has 0 aromatic heterocycles. The fraction of sp³-hybridized carbons (Fsp3) is 0.364. The number of rotatable bonds is 5. The lowest BCUT2D eigenvalue weighted by Gasteiger charge is -2.08. The number of benzene rings is 1. The maximum atomic E-state index is 11.8. The Morgan fingerprint density at radius 1 is 1.53 bits per heavy atom. The molecule has 0 atom stereocenters. The van der Waals surface area contributed by atoms with Crippen molar-refractivity contribution >= 4 is 5.97 Å². The second kappa shape index (κ2) is 5.34. The maximum absolute atomic E-state index is 11.8. The van der Waals surface area contributed by atoms with Crippen molar-refractivity contribution in [2.45, 2.75) is 13.3 Å². The van der Waals surface area contributed by atoms with E-state index >= 15 is 0 Å². The third-order valence-corrected chi connectivity index (χ3v) is 1.97. The van der Waals surface area contributed by atoms with Crippen LogP contribution in [0.5, 0.6) is 5.75 Å². The standard InChI is InChI=1S/C11H13FO3/c1-8-3-4-9(11(13)14)7-10(8)15-6-2-5-12/h3-4,7H,2,5-6H2,1H3,(H,13,14). The van der Waals surface area contributed by atoms with E-state index in [0.717, 1.165) is 5.56 Å². The molecule has 0 saturated heterocycles. The predicted octanol–water partition coefficient (Wildman–Crippen LogP) is 2.43. The van der Waals surface area contributed by atoms with Gasteiger partial charge in [0, 0.05) is 6.42 Å². The second-order valence-electron chi connectivity index (χ2n) is 3.18. The van der Waals surface area contributed by atoms with Crippen molar-refractivity contribution in [1.82, 2.24) is 0 Å². The van der Waals surface area contributed by atoms with Crippen LogP contribution in [0.1, 0.15) is 22.3 Å². The Labute approximate surface area is 87.5 Å². The van der Waals surface area contributed by atoms with Gasteiger partial charge in [0.05, 0.1) is 18.8 Å². The average molecular weight is 212 g/mol. The summed E-state index contributed by atoms with van der Waals surface area (Å²) >= 11 is 0. The van der Waals surface area contributed by atoms with Crippen LogP contribution >= 0.6 is 0 Å². The molecule has 0 saturated carbocycles. The summed E-state index contributed by atoms with van der Waals surface area (Å²) in [6.07, 6.45) is 0.316. The molecule has 15 heavy (non-hydrogen) atoms. The summed E-state index contributed by atoms with van der Waals surface area (Å²) < 4.78 is 17.1. The van der Waals surface area contributed by atoms with Crippen molar-refractivity contribution in [3.63, 3.8) is 0 Å². The van der Waals surface area contributed by atoms with Crippen molar-refractivity contribution in [2.75, 3.05) is 13.3 Å². The van der Waals surface area contributed by atoms with Gasteiger partial charge in [-0.1, -0.05) is 6.07 Å². The molecule has 1 aromatic rings. The van der Waals surface area contributed by atoms with Crippen molar-refractivity contribution in [2.24, 2.45) is 0 Å². The second-order valence-corrected chi connectivity index (χ2v) is 3.18. The lowest BCUT2D eigenvalue weighted by molar-refractivity contribution is 0.0696. The fourth-order valence-corrected chi connectivity index (χ4v) is 1.13. The monoisotopic (exact) mass is 212 g/mol. The summed E-state index contributed by atoms with van der Waals surface area (Å²) in [6.45, 7) is 1.65. The van der Waals surface area contributed by atoms with Crippen LogP contribution in [0.2, 0.25) is 0 Å². The number of carbonyl (C=O) groups is 1. The fourth-order valence-electron chi connectivity index (χ4n) is 1.13. The molecule has 82 valence electrons. The summed E-state index contributed by atoms with van der Waals surface area (Å²) in [7, 11) is 0. The number of carboxylic acid groups (broad SMARTS) is 1. The molecular formula is C11H13FO3. The number of hydrogen-bond acceptors (Lipinski definition) is 2. The van der Waals surface area contributed by atoms with Gasteiger partial charge in [0.1, 0.15) is 5.75 Å². The first kappa shape index (κ1) is 11.5. The van der Waals surface area contributed by atoms with Gasteiger partial charge in [0.15, 0.2) is 0 Å². The molecular weight excluding hydrogens is 199 g/mol. The molecule has 0 fully saturated rings. The number of hydrogen-bond donors (Lipinski definition) is 1. The Morgan fingerprint density at radius 3 is 2.87 bits per heavy atom. The van der Waals surface area contributed by atoms with Crippen LogP contribution in [0.15, 0.2) is 18.2 Å². The zero-order chi connectivity index (χ0) is 11.3. The third-order valence-electron chi connectivity index (χ3n) is 1.97. The molecule has 0 aliphatic rings. The molecule has 1 rings (SSSR count). The van der Waals surface area contributed by atoms with Crippen LogP contribution in [-0.2, 0) is 0 Å². The molecule has 1 aromatic carbocycles. The highest BCUT2D eigenvalue weighted by Crippen LogP contribution is 2.19. The van der Waals surface area contributed by atoms with E-state index < -0.39 is 12.6 Å². The van der Waals surface area contributed by atoms with Crippen molar-refractivity contribution < 1.29 is 19.0 Å². The predicted molar refractivity (Wildman–Crippen MR) is 54.2 cm³/mol. The van der Waals surface area contributed by atoms with Crippen molar-refractivity contribution in [3.8, 4) is 5.75 Å². The Morgan fingerprint density at radius 2 is 2.27 bits per heavy atom. The van der Waals surface area contributed by atoms with Gasteiger partial charge in [-0.2, -0.15) is 0 Å². The van der Waals surface area contributed by atoms with Gasteiger partial charge >= 0.3 is 5.97 Å². The lowest BCUT2D eigenvalue weighted by Crippen LogP contribution is -2.02. The number of carboxylic acids is 1. The minimum atomic E-state index is -0.995. The lowest BCUT2D eigenvalue weighted by atomic mass is 10.1. The zero-order valence-corrected chi connectivity index (χ0v) is 8.50. The number of aryl methyl sites for hydroxylation is 1. The topological polar surface area (TPSA) is 46.5 Å². The highest BCUT2D eigenvalue weighted by Gasteiger charge is 2.06. The minimum absolute atomic E-state index is 0.177. The van der Waals surface area contributed by atoms with Gasteiger partial charge in [-0.05, 0) is 24.6 Å². The SMILES string of the molecule is Cc1ccc(C(=O)O)cc1OCCCF. The zero-order valence-electron chi connectivity index (χ0n) is 8.50. The molecule has 0 bridgehead atoms. The van der Waals surface area contributed by atoms with Crippen molar-refractivity contribution in [3.05, 3.63) is 29.3 Å². The first-order valence-electron chi connectivity index (χ1n) is 4.68. The smallest absolute Gasteiger partial charge is 0.335 e. The van der Waals surface area contributed by atoms with Gasteiger partial charge in [0.2, 0.25) is 0 Å². The summed E-state index contributed by atoms with van der Waals surface area (Å²) in [5, 5.41) is 8.76. The first-order chi connectivity index (χ1) is 7.15. The summed E-state index contributed by atoms with van der Waals surface area (Å²) in [4.78, 5) is 10.7. The molecule has 0 heterocycles. The molecule has 0 amide bonds. The number of alkyl halides is 1. The summed E-state index contributed by atoms with van der Waals surface area (Å²) in [5.41, 5.74) is 1.02. The highest BCUT2D eigenvalue weighted by molar-refractivity contribution is 5.88. The maximum Gasteiger partial charge on any atom is 0.335 e. The van der Waals surface area contributed by atoms with E-state index in [9.17, 15) is 9.18 Å². The normalized spacial score (nSPS) is 10.0. The van der Waals surface area contributed by atoms with Crippen LogP contribution in [0.25, 0.3) is 0 Å². The molecule has 0 aliphatic carbocycles. The number of ether oxygens (including phenoxy) is 1. The van der Waals surface area contributed by atoms with E-state index in [-0.39, 0.29) is 12.2 Å². The minimum Gasteiger partial charge on any atom is -0.493 e. The van der Waals surface area contributed by atoms with E-state index in [0.29, 0.717) is 12.2 Å². The van der Waals surface area contributed by atoms with Gasteiger partial charge < -0.3 is 9.84 Å². The van der Waals surface area contributed by atoms with E-state index in [2.05, 4.69) is 0 Å². The molecule has 0 unspecified atom stereocenters. The molecule has 4 heteroatoms. The number of aromatic carboxylic acids is 1. The van der Waals surface area contributed by atoms with E-state index in [1.165, 1.54) is 12.1 Å². The Hall–Kier alpha value is -1.58. The Balaban J connectivity index is 2.76. The highest BCUT2D eigenvalue weighted by atomic mass is 19.1. The Kier molecular flexibility index (Phi) is 4.09. The van der Waals surface area contributed by atoms with Crippen LogP contribution in [-0.4, -0.2) is 24.4 Å². The quantitative estimate of drug-likeness (QED) is 0.762. The van der Waals surface area contributed by atoms with Crippen LogP contribution < -0.4 is 4.74 Å². The first-order valence-corrected chi connectivity index (χ1v) is 4.68. The molecule has 0 aliphatic heterocycles. The largest absolute Gasteiger partial charge is 0.493 e. The van der Waals surface area contributed by atoms with E-state index in [1.54, 1.807) is 6.07 Å². The van der Waals surface area contributed by atoms with E-state index in [1.807, 2.05) is 6.92 Å². The molecule has 0 radical (unpaired) electrons. The molecule has 1 N–H and O–H groups in total. The average Bonchev–Trinajstić information content (AvgIpc) is 2.20. The van der Waals surface area contributed by atoms with E-state index in [4.69, 9.17) is 9.84 Å². The summed E-state index contributed by atoms with van der Waals surface area (Å²) in [5.74, 6) is -0.492. The van der Waals surface area contributed by atoms with Gasteiger partial charge in [-0.3, -0.25) is 4.39 Å². The van der Waals surface area contributed by atoms with Gasteiger partial charge in [-0.25, -0.2) is 4.79 Å². The van der Waals surface area contributed by atoms with Gasteiger partial charge in [0.25, 0.3) is 0 Å². The number of halogens is 1. The Bertz CT molecular complexity index is 350. The van der Waals surface area contributed by atoms with Crippen LogP contribution in [0.4, 0.5) is 4.39 Å². The van der Waals surface area contributed by atoms with Crippen molar-refractivity contribution in [1.29, 1.82) is 0 Å². The molecule has 3 nitrogen and oxygen atoms in total.